The number of alkyl halides is 2. The van der Waals surface area contributed by atoms with Crippen LogP contribution in [0.25, 0.3) is 0 Å². The van der Waals surface area contributed by atoms with E-state index >= 15 is 0 Å². The molecule has 0 N–H and O–H groups in total. The van der Waals surface area contributed by atoms with E-state index in [1.54, 1.807) is 0 Å². The number of halogens is 2. The third-order valence-corrected chi connectivity index (χ3v) is 5.58. The summed E-state index contributed by atoms with van der Waals surface area (Å²) in [7, 11) is 0. The Morgan fingerprint density at radius 1 is 0.957 bits per heavy atom. The average Bonchev–Trinajstić information content (AvgIpc) is 2.52. The fourth-order valence-electron chi connectivity index (χ4n) is 3.50. The van der Waals surface area contributed by atoms with Crippen molar-refractivity contribution in [3.05, 3.63) is 25.3 Å². The van der Waals surface area contributed by atoms with Gasteiger partial charge in [-0.05, 0) is 38.5 Å². The molecule has 1 aliphatic rings. The summed E-state index contributed by atoms with van der Waals surface area (Å²) in [6, 6.07) is 0. The zero-order valence-electron chi connectivity index (χ0n) is 14.5. The molecule has 0 heterocycles. The van der Waals surface area contributed by atoms with Gasteiger partial charge in [-0.1, -0.05) is 63.3 Å². The van der Waals surface area contributed by atoms with E-state index in [1.165, 1.54) is 32.1 Å². The Morgan fingerprint density at radius 2 is 1.48 bits per heavy atom. The van der Waals surface area contributed by atoms with Crippen LogP contribution in [0.5, 0.6) is 0 Å². The van der Waals surface area contributed by atoms with Crippen LogP contribution in [0.4, 0.5) is 0 Å². The van der Waals surface area contributed by atoms with Gasteiger partial charge in [0.2, 0.25) is 0 Å². The van der Waals surface area contributed by atoms with Crippen molar-refractivity contribution in [3.8, 4) is 0 Å². The van der Waals surface area contributed by atoms with Gasteiger partial charge in [-0.3, -0.25) is 0 Å². The molecule has 1 saturated carbocycles. The molecule has 0 bridgehead atoms. The Bertz CT molecular complexity index is 330. The molecular formula is C19H32Br2O2. The van der Waals surface area contributed by atoms with E-state index < -0.39 is 0 Å². The van der Waals surface area contributed by atoms with Crippen LogP contribution in [-0.4, -0.2) is 29.7 Å². The van der Waals surface area contributed by atoms with Crippen molar-refractivity contribution in [3.63, 3.8) is 0 Å². The molecule has 0 unspecified atom stereocenters. The number of hydrogen-bond donors (Lipinski definition) is 0. The van der Waals surface area contributed by atoms with Crippen LogP contribution in [0.15, 0.2) is 25.3 Å². The van der Waals surface area contributed by atoms with E-state index in [0.29, 0.717) is 19.1 Å². The maximum absolute atomic E-state index is 5.94. The van der Waals surface area contributed by atoms with Crippen molar-refractivity contribution in [2.75, 3.05) is 26.4 Å². The van der Waals surface area contributed by atoms with Crippen molar-refractivity contribution in [1.29, 1.82) is 0 Å². The molecule has 4 heteroatoms. The maximum atomic E-state index is 5.94. The molecule has 0 saturated heterocycles. The Hall–Kier alpha value is 0.360. The first-order valence-electron chi connectivity index (χ1n) is 8.69. The molecule has 0 radical (unpaired) electrons. The van der Waals surface area contributed by atoms with Crippen molar-refractivity contribution in [2.24, 2.45) is 11.3 Å². The second kappa shape index (κ2) is 11.1. The van der Waals surface area contributed by atoms with Gasteiger partial charge in [0, 0.05) is 5.41 Å². The zero-order chi connectivity index (χ0) is 17.2. The molecule has 23 heavy (non-hydrogen) atoms. The van der Waals surface area contributed by atoms with Gasteiger partial charge in [0.25, 0.3) is 0 Å². The summed E-state index contributed by atoms with van der Waals surface area (Å²) in [5.74, 6) is 0.674. The van der Waals surface area contributed by atoms with E-state index in [2.05, 4.69) is 51.9 Å². The zero-order valence-corrected chi connectivity index (χ0v) is 17.7. The van der Waals surface area contributed by atoms with Gasteiger partial charge in [0.1, 0.15) is 0 Å². The lowest BCUT2D eigenvalue weighted by Crippen LogP contribution is -2.42. The van der Waals surface area contributed by atoms with Crippen LogP contribution in [0, 0.1) is 11.3 Å². The lowest BCUT2D eigenvalue weighted by molar-refractivity contribution is -0.0608. The van der Waals surface area contributed by atoms with Crippen LogP contribution in [0.2, 0.25) is 0 Å². The molecule has 1 rings (SSSR count). The van der Waals surface area contributed by atoms with Crippen LogP contribution < -0.4 is 0 Å². The van der Waals surface area contributed by atoms with Crippen LogP contribution in [0.3, 0.4) is 0 Å². The highest BCUT2D eigenvalue weighted by atomic mass is 79.9. The first-order chi connectivity index (χ1) is 10.9. The Balaban J connectivity index is 2.86. The van der Waals surface area contributed by atoms with Gasteiger partial charge in [0.05, 0.1) is 29.7 Å². The maximum Gasteiger partial charge on any atom is 0.0778 e. The fraction of sp³-hybridized carbons (Fsp3) is 0.789. The van der Waals surface area contributed by atoms with E-state index in [4.69, 9.17) is 9.47 Å². The second-order valence-corrected chi connectivity index (χ2v) is 11.4. The molecule has 134 valence electrons. The number of ether oxygens (including phenoxy) is 2. The summed E-state index contributed by atoms with van der Waals surface area (Å²) in [5, 5.41) is 0. The average molecular weight is 452 g/mol. The predicted octanol–water partition coefficient (Wildman–Crippen LogP) is 6.24. The molecular weight excluding hydrogens is 420 g/mol. The van der Waals surface area contributed by atoms with Crippen LogP contribution >= 0.6 is 31.9 Å². The second-order valence-electron chi connectivity index (χ2n) is 6.88. The molecule has 0 amide bonds. The monoisotopic (exact) mass is 450 g/mol. The SMILES string of the molecule is C=CCOCC(CCC(C)(Br)Br)(COCC=C)C1CCCCC1. The standard InChI is InChI=1S/C19H32Br2O2/c1-4-13-22-15-19(16-23-14-5-2,12-11-18(3,20)21)17-9-7-6-8-10-17/h4-5,17H,1-2,6-16H2,3H3. The lowest BCUT2D eigenvalue weighted by Gasteiger charge is -2.43. The molecule has 0 aromatic heterocycles. The lowest BCUT2D eigenvalue weighted by atomic mass is 9.67. The highest BCUT2D eigenvalue weighted by molar-refractivity contribution is 9.25. The van der Waals surface area contributed by atoms with E-state index in [9.17, 15) is 0 Å². The summed E-state index contributed by atoms with van der Waals surface area (Å²) >= 11 is 7.44. The van der Waals surface area contributed by atoms with Gasteiger partial charge >= 0.3 is 0 Å². The van der Waals surface area contributed by atoms with Gasteiger partial charge < -0.3 is 9.47 Å². The van der Waals surface area contributed by atoms with E-state index in [1.807, 2.05) is 12.2 Å². The molecule has 2 nitrogen and oxygen atoms in total. The van der Waals surface area contributed by atoms with Crippen LogP contribution in [0.1, 0.15) is 51.9 Å². The Morgan fingerprint density at radius 3 is 1.91 bits per heavy atom. The van der Waals surface area contributed by atoms with Crippen molar-refractivity contribution >= 4 is 31.9 Å². The number of hydrogen-bond acceptors (Lipinski definition) is 2. The quantitative estimate of drug-likeness (QED) is 0.198. The highest BCUT2D eigenvalue weighted by Gasteiger charge is 2.40. The van der Waals surface area contributed by atoms with E-state index in [-0.39, 0.29) is 8.65 Å². The molecule has 1 aliphatic carbocycles. The van der Waals surface area contributed by atoms with Gasteiger partial charge in [-0.15, -0.1) is 13.2 Å². The molecule has 0 aromatic carbocycles. The van der Waals surface area contributed by atoms with Crippen molar-refractivity contribution in [1.82, 2.24) is 0 Å². The summed E-state index contributed by atoms with van der Waals surface area (Å²) in [6.45, 7) is 12.4. The minimum atomic E-state index is -0.0310. The van der Waals surface area contributed by atoms with Crippen LogP contribution in [-0.2, 0) is 9.47 Å². The first kappa shape index (κ1) is 21.4. The van der Waals surface area contributed by atoms with Gasteiger partial charge in [-0.25, -0.2) is 0 Å². The van der Waals surface area contributed by atoms with Crippen molar-refractivity contribution in [2.45, 2.75) is 55.1 Å². The molecule has 0 atom stereocenters. The number of rotatable bonds is 12. The summed E-state index contributed by atoms with van der Waals surface area (Å²) < 4.78 is 11.9. The Labute approximate surface area is 159 Å². The topological polar surface area (TPSA) is 18.5 Å². The highest BCUT2D eigenvalue weighted by Crippen LogP contribution is 2.45. The normalized spacial score (nSPS) is 17.2. The predicted molar refractivity (Wildman–Crippen MR) is 107 cm³/mol. The fourth-order valence-corrected chi connectivity index (χ4v) is 3.90. The minimum Gasteiger partial charge on any atom is -0.377 e. The molecule has 0 spiro atoms. The first-order valence-corrected chi connectivity index (χ1v) is 10.3. The van der Waals surface area contributed by atoms with Gasteiger partial charge in [-0.2, -0.15) is 0 Å². The van der Waals surface area contributed by atoms with Crippen molar-refractivity contribution < 1.29 is 9.47 Å². The summed E-state index contributed by atoms with van der Waals surface area (Å²) in [4.78, 5) is 0. The summed E-state index contributed by atoms with van der Waals surface area (Å²) in [5.41, 5.74) is 0.0786. The third-order valence-electron chi connectivity index (χ3n) is 4.78. The molecule has 1 fully saturated rings. The Kier molecular flexibility index (Phi) is 10.3. The minimum absolute atomic E-state index is 0.0310. The molecule has 0 aliphatic heterocycles. The molecule has 0 aromatic rings. The largest absolute Gasteiger partial charge is 0.377 e. The van der Waals surface area contributed by atoms with E-state index in [0.717, 1.165) is 26.1 Å². The summed E-state index contributed by atoms with van der Waals surface area (Å²) in [6.07, 6.45) is 12.4. The van der Waals surface area contributed by atoms with Gasteiger partial charge in [0.15, 0.2) is 0 Å². The third kappa shape index (κ3) is 8.33. The smallest absolute Gasteiger partial charge is 0.0778 e.